The lowest BCUT2D eigenvalue weighted by molar-refractivity contribution is -0.432. The van der Waals surface area contributed by atoms with Crippen molar-refractivity contribution in [3.8, 4) is 17.2 Å². The number of benzene rings is 6. The van der Waals surface area contributed by atoms with Gasteiger partial charge in [0.05, 0.1) is 53.9 Å². The highest BCUT2D eigenvalue weighted by Gasteiger charge is 2.18. The Hall–Kier alpha value is -6.28. The SMILES string of the molecule is COc1ccc(Nc2ccc3c(O)c(N=Nc4cc(C)c(N=Nc5cc(C)c(N=Nc6ccc(OC)cc6S(=O)(=O)O)cc5C)cc4C)c(SOOO)cc3c2)cc1. The number of phenols is 1. The maximum absolute atomic E-state index is 11.9. The van der Waals surface area contributed by atoms with Crippen molar-refractivity contribution in [2.75, 3.05) is 19.5 Å². The quantitative estimate of drug-likeness (QED) is 0.0266. The van der Waals surface area contributed by atoms with Crippen LogP contribution < -0.4 is 14.8 Å². The first kappa shape index (κ1) is 41.4. The summed E-state index contributed by atoms with van der Waals surface area (Å²) >= 11 is 0.652. The van der Waals surface area contributed by atoms with Crippen LogP contribution in [0, 0.1) is 27.7 Å². The second-order valence-electron chi connectivity index (χ2n) is 12.8. The molecule has 0 spiro atoms. The highest BCUT2D eigenvalue weighted by molar-refractivity contribution is 7.94. The minimum atomic E-state index is -4.58. The van der Waals surface area contributed by atoms with Gasteiger partial charge in [-0.25, -0.2) is 5.26 Å². The van der Waals surface area contributed by atoms with Crippen LogP contribution in [0.2, 0.25) is 0 Å². The second-order valence-corrected chi connectivity index (χ2v) is 15.0. The maximum Gasteiger partial charge on any atom is 0.296 e. The van der Waals surface area contributed by atoms with Crippen molar-refractivity contribution in [3.05, 3.63) is 113 Å². The van der Waals surface area contributed by atoms with E-state index in [1.807, 2.05) is 63.2 Å². The first-order valence-corrected chi connectivity index (χ1v) is 19.4. The van der Waals surface area contributed by atoms with Gasteiger partial charge >= 0.3 is 0 Å². The molecule has 58 heavy (non-hydrogen) atoms. The molecule has 298 valence electrons. The van der Waals surface area contributed by atoms with E-state index in [0.717, 1.165) is 33.8 Å². The predicted molar refractivity (Wildman–Crippen MR) is 220 cm³/mol. The highest BCUT2D eigenvalue weighted by atomic mass is 32.2. The number of phenolic OH excluding ortho intramolecular Hbond substituents is 1. The van der Waals surface area contributed by atoms with Crippen LogP contribution in [-0.2, 0) is 19.5 Å². The number of hydrogen-bond donors (Lipinski definition) is 4. The number of nitrogens with zero attached hydrogens (tertiary/aromatic N) is 6. The van der Waals surface area contributed by atoms with Crippen LogP contribution in [-0.4, -0.2) is 37.6 Å². The van der Waals surface area contributed by atoms with Crippen LogP contribution >= 0.6 is 12.0 Å². The Kier molecular flexibility index (Phi) is 12.8. The number of hydrogen-bond acceptors (Lipinski definition) is 16. The van der Waals surface area contributed by atoms with Crippen molar-refractivity contribution in [1.82, 2.24) is 0 Å². The van der Waals surface area contributed by atoms with Gasteiger partial charge in [0.2, 0.25) is 0 Å². The summed E-state index contributed by atoms with van der Waals surface area (Å²) in [5.41, 5.74) is 6.72. The van der Waals surface area contributed by atoms with Crippen LogP contribution in [0.1, 0.15) is 22.3 Å². The van der Waals surface area contributed by atoms with E-state index in [0.29, 0.717) is 56.0 Å². The number of aromatic hydroxyl groups is 1. The molecule has 0 aliphatic heterocycles. The molecule has 4 N–H and O–H groups in total. The van der Waals surface area contributed by atoms with E-state index in [-0.39, 0.29) is 22.9 Å². The molecule has 0 heterocycles. The lowest BCUT2D eigenvalue weighted by atomic mass is 10.1. The van der Waals surface area contributed by atoms with E-state index in [9.17, 15) is 18.1 Å². The smallest absolute Gasteiger partial charge is 0.296 e. The van der Waals surface area contributed by atoms with Crippen molar-refractivity contribution in [1.29, 1.82) is 0 Å². The third-order valence-electron chi connectivity index (χ3n) is 8.85. The molecule has 0 aromatic heterocycles. The number of aryl methyl sites for hydroxylation is 4. The van der Waals surface area contributed by atoms with Gasteiger partial charge in [-0.15, -0.1) is 14.6 Å². The van der Waals surface area contributed by atoms with E-state index >= 15 is 0 Å². The van der Waals surface area contributed by atoms with Crippen LogP contribution in [0.15, 0.2) is 131 Å². The van der Waals surface area contributed by atoms with Crippen molar-refractivity contribution < 1.29 is 42.2 Å². The molecular formula is C40H37N7O9S2. The number of rotatable bonds is 14. The zero-order chi connectivity index (χ0) is 41.6. The molecule has 0 unspecified atom stereocenters. The van der Waals surface area contributed by atoms with E-state index in [4.69, 9.17) is 19.1 Å². The van der Waals surface area contributed by atoms with Gasteiger partial charge in [-0.05, 0) is 140 Å². The normalized spacial score (nSPS) is 12.0. The molecule has 6 aromatic rings. The minimum Gasteiger partial charge on any atom is -0.505 e. The largest absolute Gasteiger partial charge is 0.505 e. The van der Waals surface area contributed by atoms with Gasteiger partial charge in [-0.3, -0.25) is 4.55 Å². The van der Waals surface area contributed by atoms with Gasteiger partial charge in [0.25, 0.3) is 10.1 Å². The van der Waals surface area contributed by atoms with Crippen LogP contribution in [0.3, 0.4) is 0 Å². The zero-order valence-corrected chi connectivity index (χ0v) is 33.6. The van der Waals surface area contributed by atoms with Crippen molar-refractivity contribution in [3.63, 3.8) is 0 Å². The zero-order valence-electron chi connectivity index (χ0n) is 32.0. The first-order valence-electron chi connectivity index (χ1n) is 17.3. The molecule has 0 saturated carbocycles. The van der Waals surface area contributed by atoms with Gasteiger partial charge < -0.3 is 19.9 Å². The molecule has 0 bridgehead atoms. The summed E-state index contributed by atoms with van der Waals surface area (Å²) in [7, 11) is -1.60. The number of azo groups is 3. The summed E-state index contributed by atoms with van der Waals surface area (Å²) in [4.78, 5) is -0.105. The van der Waals surface area contributed by atoms with Gasteiger partial charge in [-0.1, -0.05) is 5.04 Å². The summed E-state index contributed by atoms with van der Waals surface area (Å²) in [5, 5.41) is 54.7. The molecule has 0 amide bonds. The molecule has 0 radical (unpaired) electrons. The van der Waals surface area contributed by atoms with Crippen LogP contribution in [0.25, 0.3) is 10.8 Å². The number of ether oxygens (including phenoxy) is 2. The Morgan fingerprint density at radius 1 is 0.603 bits per heavy atom. The molecule has 0 fully saturated rings. The molecular weight excluding hydrogens is 787 g/mol. The van der Waals surface area contributed by atoms with E-state index < -0.39 is 15.0 Å². The minimum absolute atomic E-state index is 0.0509. The lowest BCUT2D eigenvalue weighted by Crippen LogP contribution is -1.99. The summed E-state index contributed by atoms with van der Waals surface area (Å²) < 4.78 is 48.6. The summed E-state index contributed by atoms with van der Waals surface area (Å²) in [6.07, 6.45) is 0. The first-order chi connectivity index (χ1) is 27.8. The molecule has 0 atom stereocenters. The van der Waals surface area contributed by atoms with Crippen molar-refractivity contribution in [2.45, 2.75) is 37.5 Å². The van der Waals surface area contributed by atoms with Gasteiger partial charge in [-0.2, -0.15) is 28.9 Å². The second kappa shape index (κ2) is 17.9. The van der Waals surface area contributed by atoms with E-state index in [2.05, 4.69) is 41.0 Å². The van der Waals surface area contributed by atoms with Crippen LogP contribution in [0.5, 0.6) is 17.2 Å². The topological polar surface area (TPSA) is 218 Å². The Balaban J connectivity index is 1.23. The van der Waals surface area contributed by atoms with Crippen molar-refractivity contribution >= 4 is 78.4 Å². The number of anilines is 2. The highest BCUT2D eigenvalue weighted by Crippen LogP contribution is 2.45. The standard InChI is InChI=1S/C40H37N7O9S2/c1-22-16-34(23(2)15-33(22)43-42-32-14-12-30(54-6)21-38(32)58(50,51)52)44-45-35-17-25(4)36(18-24(35)3)46-47-39-37(57-56-55-49)20-26-19-28(9-13-31(26)40(39)48)41-27-7-10-29(53-5)11-8-27/h7-21,41,48-49H,1-6H3,(H,50,51,52). The summed E-state index contributed by atoms with van der Waals surface area (Å²) in [6, 6.07) is 25.8. The fraction of sp³-hybridized carbons (Fsp3) is 0.150. The maximum atomic E-state index is 11.9. The summed E-state index contributed by atoms with van der Waals surface area (Å²) in [5.74, 6) is 0.822. The fourth-order valence-corrected chi connectivity index (χ4v) is 6.85. The van der Waals surface area contributed by atoms with Gasteiger partial charge in [0.1, 0.15) is 27.8 Å². The predicted octanol–water partition coefficient (Wildman–Crippen LogP) is 12.5. The molecule has 18 heteroatoms. The Morgan fingerprint density at radius 3 is 1.62 bits per heavy atom. The van der Waals surface area contributed by atoms with E-state index in [1.54, 1.807) is 44.4 Å². The molecule has 0 saturated heterocycles. The third-order valence-corrected chi connectivity index (χ3v) is 10.3. The summed E-state index contributed by atoms with van der Waals surface area (Å²) in [6.45, 7) is 7.33. The molecule has 16 nitrogen and oxygen atoms in total. The Labute approximate surface area is 337 Å². The lowest BCUT2D eigenvalue weighted by Gasteiger charge is -2.12. The monoisotopic (exact) mass is 823 g/mol. The number of nitrogens with one attached hydrogen (secondary N) is 1. The number of fused-ring (bicyclic) bond motifs is 1. The van der Waals surface area contributed by atoms with Gasteiger partial charge in [0, 0.05) is 22.8 Å². The number of methoxy groups -OCH3 is 2. The average molecular weight is 824 g/mol. The molecule has 0 aliphatic rings. The molecule has 6 aromatic carbocycles. The average Bonchev–Trinajstić information content (AvgIpc) is 3.20. The molecule has 0 aliphatic carbocycles. The van der Waals surface area contributed by atoms with E-state index in [1.165, 1.54) is 25.3 Å². The van der Waals surface area contributed by atoms with Crippen LogP contribution in [0.4, 0.5) is 45.5 Å². The third kappa shape index (κ3) is 9.63. The Bertz CT molecular complexity index is 2710. The van der Waals surface area contributed by atoms with Gasteiger partial charge in [0.15, 0.2) is 5.75 Å². The van der Waals surface area contributed by atoms with Crippen molar-refractivity contribution in [2.24, 2.45) is 30.7 Å². The Morgan fingerprint density at radius 2 is 1.10 bits per heavy atom. The fourth-order valence-electron chi connectivity index (χ4n) is 5.71. The molecule has 6 rings (SSSR count).